The Labute approximate surface area is 102 Å². The molecule has 0 bridgehead atoms. The van der Waals surface area contributed by atoms with Crippen LogP contribution in [0.25, 0.3) is 0 Å². The smallest absolute Gasteiger partial charge is 0.0134 e. The summed E-state index contributed by atoms with van der Waals surface area (Å²) in [5.74, 6) is 1.57. The lowest BCUT2D eigenvalue weighted by Gasteiger charge is -2.41. The summed E-state index contributed by atoms with van der Waals surface area (Å²) in [4.78, 5) is 0. The summed E-state index contributed by atoms with van der Waals surface area (Å²) < 4.78 is 0.781. The predicted molar refractivity (Wildman–Crippen MR) is 74.7 cm³/mol. The van der Waals surface area contributed by atoms with Crippen molar-refractivity contribution in [2.24, 2.45) is 11.8 Å². The van der Waals surface area contributed by atoms with Gasteiger partial charge in [0.15, 0.2) is 0 Å². The molecule has 15 heavy (non-hydrogen) atoms. The molecule has 2 atom stereocenters. The summed E-state index contributed by atoms with van der Waals surface area (Å²) in [6.45, 7) is 18.9. The van der Waals surface area contributed by atoms with Crippen LogP contribution in [0.2, 0.25) is 0 Å². The van der Waals surface area contributed by atoms with Gasteiger partial charge in [-0.15, -0.1) is 11.8 Å². The summed E-state index contributed by atoms with van der Waals surface area (Å²) in [5, 5.41) is 0. The van der Waals surface area contributed by atoms with Gasteiger partial charge in [0.2, 0.25) is 0 Å². The summed E-state index contributed by atoms with van der Waals surface area (Å²) in [6.07, 6.45) is 2.55. The maximum absolute atomic E-state index is 2.40. The lowest BCUT2D eigenvalue weighted by atomic mass is 9.93. The molecule has 92 valence electrons. The van der Waals surface area contributed by atoms with E-state index in [9.17, 15) is 0 Å². The fourth-order valence-electron chi connectivity index (χ4n) is 1.86. The summed E-state index contributed by atoms with van der Waals surface area (Å²) >= 11 is 2.17. The molecule has 2 unspecified atom stereocenters. The second kappa shape index (κ2) is 5.61. The maximum atomic E-state index is 2.40. The summed E-state index contributed by atoms with van der Waals surface area (Å²) in [5.41, 5.74) is 0. The number of hydrogen-bond donors (Lipinski definition) is 0. The summed E-state index contributed by atoms with van der Waals surface area (Å²) in [7, 11) is 0. The van der Waals surface area contributed by atoms with Crippen LogP contribution in [0.15, 0.2) is 0 Å². The monoisotopic (exact) mass is 230 g/mol. The first-order chi connectivity index (χ1) is 6.67. The van der Waals surface area contributed by atoms with Crippen molar-refractivity contribution >= 4 is 11.8 Å². The van der Waals surface area contributed by atoms with Gasteiger partial charge in [-0.25, -0.2) is 0 Å². The first-order valence-electron chi connectivity index (χ1n) is 6.37. The number of rotatable bonds is 6. The molecule has 0 saturated carbocycles. The van der Waals surface area contributed by atoms with Gasteiger partial charge in [0.05, 0.1) is 0 Å². The molecule has 0 aliphatic rings. The van der Waals surface area contributed by atoms with E-state index < -0.39 is 0 Å². The zero-order valence-corrected chi connectivity index (χ0v) is 12.8. The van der Waals surface area contributed by atoms with Crippen LogP contribution in [0.5, 0.6) is 0 Å². The van der Waals surface area contributed by atoms with Crippen LogP contribution in [0.4, 0.5) is 0 Å². The molecule has 0 nitrogen and oxygen atoms in total. The third-order valence-electron chi connectivity index (χ3n) is 4.12. The summed E-state index contributed by atoms with van der Waals surface area (Å²) in [6, 6.07) is 0. The Bertz CT molecular complexity index is 162. The molecule has 0 aliphatic heterocycles. The molecule has 0 aromatic rings. The fourth-order valence-corrected chi connectivity index (χ4v) is 3.95. The highest BCUT2D eigenvalue weighted by Gasteiger charge is 2.35. The molecule has 0 aliphatic carbocycles. The highest BCUT2D eigenvalue weighted by molar-refractivity contribution is 8.01. The second-order valence-electron chi connectivity index (χ2n) is 5.93. The van der Waals surface area contributed by atoms with Gasteiger partial charge in [-0.1, -0.05) is 68.2 Å². The Morgan fingerprint density at radius 2 is 1.07 bits per heavy atom. The molecule has 0 N–H and O–H groups in total. The van der Waals surface area contributed by atoms with Crippen LogP contribution in [-0.2, 0) is 0 Å². The van der Waals surface area contributed by atoms with Gasteiger partial charge in [-0.2, -0.15) is 0 Å². The lowest BCUT2D eigenvalue weighted by Crippen LogP contribution is -2.35. The van der Waals surface area contributed by atoms with Crippen molar-refractivity contribution < 1.29 is 0 Å². The van der Waals surface area contributed by atoms with Crippen molar-refractivity contribution in [1.29, 1.82) is 0 Å². The van der Waals surface area contributed by atoms with Gasteiger partial charge in [0.25, 0.3) is 0 Å². The zero-order chi connectivity index (χ0) is 12.3. The van der Waals surface area contributed by atoms with Crippen molar-refractivity contribution in [3.8, 4) is 0 Å². The average Bonchev–Trinajstić information content (AvgIpc) is 2.13. The van der Waals surface area contributed by atoms with Crippen molar-refractivity contribution in [1.82, 2.24) is 0 Å². The third-order valence-corrected chi connectivity index (χ3v) is 5.98. The molecule has 0 fully saturated rings. The van der Waals surface area contributed by atoms with Crippen LogP contribution in [0, 0.1) is 11.8 Å². The van der Waals surface area contributed by atoms with E-state index >= 15 is 0 Å². The van der Waals surface area contributed by atoms with E-state index in [1.807, 2.05) is 0 Å². The van der Waals surface area contributed by atoms with E-state index in [-0.39, 0.29) is 0 Å². The first-order valence-corrected chi connectivity index (χ1v) is 7.19. The number of thioether (sulfide) groups is 1. The minimum atomic E-state index is 0.391. The van der Waals surface area contributed by atoms with Crippen LogP contribution in [0.1, 0.15) is 68.2 Å². The minimum absolute atomic E-state index is 0.391. The fraction of sp³-hybridized carbons (Fsp3) is 1.00. The van der Waals surface area contributed by atoms with Crippen molar-refractivity contribution in [3.05, 3.63) is 0 Å². The highest BCUT2D eigenvalue weighted by atomic mass is 32.2. The molecule has 0 spiro atoms. The third kappa shape index (κ3) is 4.38. The quantitative estimate of drug-likeness (QED) is 0.591. The minimum Gasteiger partial charge on any atom is -0.149 e. The topological polar surface area (TPSA) is 0 Å². The van der Waals surface area contributed by atoms with Crippen LogP contribution < -0.4 is 0 Å². The molecule has 0 amide bonds. The van der Waals surface area contributed by atoms with E-state index in [1.165, 1.54) is 12.8 Å². The van der Waals surface area contributed by atoms with Crippen molar-refractivity contribution in [2.45, 2.75) is 77.7 Å². The molecule has 0 radical (unpaired) electrons. The SMILES string of the molecule is CCC(C)C(C)(C)SC(C)(C)C(C)CC. The normalized spacial score (nSPS) is 17.6. The number of hydrogen-bond acceptors (Lipinski definition) is 1. The van der Waals surface area contributed by atoms with Crippen LogP contribution in [-0.4, -0.2) is 9.49 Å². The Morgan fingerprint density at radius 1 is 0.800 bits per heavy atom. The Hall–Kier alpha value is 0.350. The zero-order valence-electron chi connectivity index (χ0n) is 12.0. The maximum Gasteiger partial charge on any atom is 0.0134 e. The van der Waals surface area contributed by atoms with Crippen LogP contribution in [0.3, 0.4) is 0 Å². The van der Waals surface area contributed by atoms with Gasteiger partial charge >= 0.3 is 0 Å². The van der Waals surface area contributed by atoms with Crippen molar-refractivity contribution in [2.75, 3.05) is 0 Å². The van der Waals surface area contributed by atoms with E-state index in [0.29, 0.717) is 9.49 Å². The standard InChI is InChI=1S/C14H30S/c1-9-11(3)13(5,6)15-14(7,8)12(4)10-2/h11-12H,9-10H2,1-8H3. The van der Waals surface area contributed by atoms with Crippen LogP contribution >= 0.6 is 11.8 Å². The highest BCUT2D eigenvalue weighted by Crippen LogP contribution is 2.46. The van der Waals surface area contributed by atoms with E-state index in [0.717, 1.165) is 11.8 Å². The van der Waals surface area contributed by atoms with Crippen molar-refractivity contribution in [3.63, 3.8) is 0 Å². The van der Waals surface area contributed by atoms with Gasteiger partial charge in [-0.05, 0) is 11.8 Å². The van der Waals surface area contributed by atoms with E-state index in [1.54, 1.807) is 0 Å². The van der Waals surface area contributed by atoms with E-state index in [4.69, 9.17) is 0 Å². The largest absolute Gasteiger partial charge is 0.149 e. The van der Waals surface area contributed by atoms with Gasteiger partial charge in [-0.3, -0.25) is 0 Å². The Kier molecular flexibility index (Phi) is 5.74. The van der Waals surface area contributed by atoms with E-state index in [2.05, 4.69) is 67.2 Å². The Balaban J connectivity index is 4.56. The molecule has 0 rings (SSSR count). The first kappa shape index (κ1) is 15.3. The molecule has 0 aromatic carbocycles. The second-order valence-corrected chi connectivity index (χ2v) is 8.24. The molecule has 0 aromatic heterocycles. The average molecular weight is 230 g/mol. The molecule has 1 heteroatoms. The molecular weight excluding hydrogens is 200 g/mol. The molecule has 0 heterocycles. The van der Waals surface area contributed by atoms with Gasteiger partial charge in [0, 0.05) is 9.49 Å². The molecule has 0 saturated heterocycles. The molecular formula is C14H30S. The lowest BCUT2D eigenvalue weighted by molar-refractivity contribution is 0.413. The predicted octanol–water partition coefficient (Wildman–Crippen LogP) is 5.37. The van der Waals surface area contributed by atoms with Gasteiger partial charge < -0.3 is 0 Å². The Morgan fingerprint density at radius 3 is 1.27 bits per heavy atom. The van der Waals surface area contributed by atoms with Gasteiger partial charge in [0.1, 0.15) is 0 Å².